The van der Waals surface area contributed by atoms with Crippen LogP contribution in [-0.4, -0.2) is 35.1 Å². The SMILES string of the molecule is CCCNC(=O)C(C)N(Cc1ccccc1)C(=O)CSCc1cccc(Cl)c1. The molecule has 1 N–H and O–H groups in total. The number of thioether (sulfide) groups is 1. The minimum Gasteiger partial charge on any atom is -0.354 e. The zero-order valence-electron chi connectivity index (χ0n) is 16.4. The predicted molar refractivity (Wildman–Crippen MR) is 117 cm³/mol. The molecule has 4 nitrogen and oxygen atoms in total. The Balaban J connectivity index is 2.01. The molecule has 0 aliphatic carbocycles. The lowest BCUT2D eigenvalue weighted by Crippen LogP contribution is -2.48. The third-order valence-electron chi connectivity index (χ3n) is 4.30. The molecule has 0 spiro atoms. The van der Waals surface area contributed by atoms with Crippen LogP contribution in [0.4, 0.5) is 0 Å². The van der Waals surface area contributed by atoms with E-state index >= 15 is 0 Å². The number of hydrogen-bond acceptors (Lipinski definition) is 3. The Labute approximate surface area is 176 Å². The van der Waals surface area contributed by atoms with Crippen molar-refractivity contribution < 1.29 is 9.59 Å². The van der Waals surface area contributed by atoms with Crippen molar-refractivity contribution in [3.63, 3.8) is 0 Å². The van der Waals surface area contributed by atoms with E-state index in [1.165, 1.54) is 11.8 Å². The van der Waals surface area contributed by atoms with Gasteiger partial charge in [0.2, 0.25) is 11.8 Å². The first-order valence-corrected chi connectivity index (χ1v) is 11.0. The predicted octanol–water partition coefficient (Wildman–Crippen LogP) is 4.52. The molecular weight excluding hydrogens is 392 g/mol. The van der Waals surface area contributed by atoms with Crippen LogP contribution in [0.2, 0.25) is 5.02 Å². The fourth-order valence-electron chi connectivity index (χ4n) is 2.72. The zero-order chi connectivity index (χ0) is 20.4. The standard InChI is InChI=1S/C22H27ClN2O2S/c1-3-12-24-22(27)17(2)25(14-18-8-5-4-6-9-18)21(26)16-28-15-19-10-7-11-20(23)13-19/h4-11,13,17H,3,12,14-16H2,1-2H3,(H,24,27). The Morgan fingerprint density at radius 3 is 2.50 bits per heavy atom. The van der Waals surface area contributed by atoms with Crippen molar-refractivity contribution in [2.45, 2.75) is 38.6 Å². The lowest BCUT2D eigenvalue weighted by molar-refractivity contribution is -0.138. The first-order valence-electron chi connectivity index (χ1n) is 9.44. The van der Waals surface area contributed by atoms with E-state index in [0.29, 0.717) is 29.6 Å². The van der Waals surface area contributed by atoms with Gasteiger partial charge in [0.15, 0.2) is 0 Å². The number of amides is 2. The molecule has 0 aliphatic heterocycles. The van der Waals surface area contributed by atoms with E-state index in [9.17, 15) is 9.59 Å². The van der Waals surface area contributed by atoms with Crippen molar-refractivity contribution in [2.75, 3.05) is 12.3 Å². The van der Waals surface area contributed by atoms with Gasteiger partial charge in [0.05, 0.1) is 5.75 Å². The first-order chi connectivity index (χ1) is 13.5. The van der Waals surface area contributed by atoms with Crippen LogP contribution in [0, 0.1) is 0 Å². The molecule has 1 atom stereocenters. The highest BCUT2D eigenvalue weighted by atomic mass is 35.5. The normalized spacial score (nSPS) is 11.7. The Morgan fingerprint density at radius 2 is 1.82 bits per heavy atom. The van der Waals surface area contributed by atoms with E-state index in [4.69, 9.17) is 11.6 Å². The van der Waals surface area contributed by atoms with Crippen LogP contribution in [0.25, 0.3) is 0 Å². The van der Waals surface area contributed by atoms with Crippen LogP contribution in [0.3, 0.4) is 0 Å². The summed E-state index contributed by atoms with van der Waals surface area (Å²) in [6.45, 7) is 4.82. The van der Waals surface area contributed by atoms with Gasteiger partial charge in [-0.25, -0.2) is 0 Å². The van der Waals surface area contributed by atoms with Crippen LogP contribution >= 0.6 is 23.4 Å². The van der Waals surface area contributed by atoms with E-state index in [-0.39, 0.29) is 11.8 Å². The summed E-state index contributed by atoms with van der Waals surface area (Å²) in [5.74, 6) is 0.841. The van der Waals surface area contributed by atoms with Gasteiger partial charge in [0.1, 0.15) is 6.04 Å². The third kappa shape index (κ3) is 7.21. The number of carbonyl (C=O) groups is 2. The second-order valence-corrected chi connectivity index (χ2v) is 8.02. The Kier molecular flexibility index (Phi) is 9.38. The summed E-state index contributed by atoms with van der Waals surface area (Å²) in [6.07, 6.45) is 0.862. The minimum atomic E-state index is -0.522. The molecular formula is C22H27ClN2O2S. The molecule has 0 heterocycles. The fraction of sp³-hybridized carbons (Fsp3) is 0.364. The van der Waals surface area contributed by atoms with Gasteiger partial charge in [-0.3, -0.25) is 9.59 Å². The summed E-state index contributed by atoms with van der Waals surface area (Å²) >= 11 is 7.54. The molecule has 6 heteroatoms. The first kappa shape index (κ1) is 22.3. The summed E-state index contributed by atoms with van der Waals surface area (Å²) in [6, 6.07) is 16.9. The Hall–Kier alpha value is -1.98. The van der Waals surface area contributed by atoms with Crippen molar-refractivity contribution in [1.82, 2.24) is 10.2 Å². The van der Waals surface area contributed by atoms with Crippen molar-refractivity contribution in [3.05, 3.63) is 70.7 Å². The van der Waals surface area contributed by atoms with Crippen LogP contribution in [-0.2, 0) is 21.9 Å². The number of halogens is 1. The molecule has 28 heavy (non-hydrogen) atoms. The van der Waals surface area contributed by atoms with Crippen molar-refractivity contribution in [3.8, 4) is 0 Å². The molecule has 0 saturated carbocycles. The van der Waals surface area contributed by atoms with Gasteiger partial charge in [-0.05, 0) is 36.6 Å². The molecule has 2 rings (SSSR count). The zero-order valence-corrected chi connectivity index (χ0v) is 17.9. The molecule has 0 saturated heterocycles. The van der Waals surface area contributed by atoms with E-state index < -0.39 is 6.04 Å². The molecule has 2 aromatic carbocycles. The van der Waals surface area contributed by atoms with Gasteiger partial charge in [-0.1, -0.05) is 61.0 Å². The molecule has 0 aliphatic rings. The fourth-order valence-corrected chi connectivity index (χ4v) is 3.80. The molecule has 1 unspecified atom stereocenters. The average molecular weight is 419 g/mol. The number of rotatable bonds is 10. The van der Waals surface area contributed by atoms with Crippen molar-refractivity contribution in [2.24, 2.45) is 0 Å². The van der Waals surface area contributed by atoms with Crippen LogP contribution < -0.4 is 5.32 Å². The number of nitrogens with one attached hydrogen (secondary N) is 1. The van der Waals surface area contributed by atoms with Gasteiger partial charge in [-0.15, -0.1) is 11.8 Å². The van der Waals surface area contributed by atoms with Gasteiger partial charge in [0, 0.05) is 23.9 Å². The number of nitrogens with zero attached hydrogens (tertiary/aromatic N) is 1. The largest absolute Gasteiger partial charge is 0.354 e. The monoisotopic (exact) mass is 418 g/mol. The Morgan fingerprint density at radius 1 is 1.11 bits per heavy atom. The van der Waals surface area contributed by atoms with Crippen molar-refractivity contribution in [1.29, 1.82) is 0 Å². The second-order valence-electron chi connectivity index (χ2n) is 6.60. The lowest BCUT2D eigenvalue weighted by atomic mass is 10.1. The molecule has 150 valence electrons. The maximum atomic E-state index is 12.9. The summed E-state index contributed by atoms with van der Waals surface area (Å²) in [4.78, 5) is 27.0. The molecule has 0 radical (unpaired) electrons. The second kappa shape index (κ2) is 11.8. The topological polar surface area (TPSA) is 49.4 Å². The smallest absolute Gasteiger partial charge is 0.242 e. The van der Waals surface area contributed by atoms with E-state index in [1.54, 1.807) is 11.8 Å². The van der Waals surface area contributed by atoms with Crippen molar-refractivity contribution >= 4 is 35.2 Å². The van der Waals surface area contributed by atoms with Crippen LogP contribution in [0.5, 0.6) is 0 Å². The summed E-state index contributed by atoms with van der Waals surface area (Å²) in [5.41, 5.74) is 2.08. The molecule has 0 bridgehead atoms. The maximum absolute atomic E-state index is 12.9. The van der Waals surface area contributed by atoms with E-state index in [1.807, 2.05) is 61.5 Å². The van der Waals surface area contributed by atoms with Gasteiger partial charge < -0.3 is 10.2 Å². The number of carbonyl (C=O) groups excluding carboxylic acids is 2. The lowest BCUT2D eigenvalue weighted by Gasteiger charge is -2.28. The van der Waals surface area contributed by atoms with Crippen LogP contribution in [0.15, 0.2) is 54.6 Å². The highest BCUT2D eigenvalue weighted by Crippen LogP contribution is 2.18. The molecule has 2 amide bonds. The molecule has 0 fully saturated rings. The third-order valence-corrected chi connectivity index (χ3v) is 5.52. The summed E-state index contributed by atoms with van der Waals surface area (Å²) < 4.78 is 0. The highest BCUT2D eigenvalue weighted by Gasteiger charge is 2.25. The number of hydrogen-bond donors (Lipinski definition) is 1. The minimum absolute atomic E-state index is 0.0463. The van der Waals surface area contributed by atoms with Gasteiger partial charge in [0.25, 0.3) is 0 Å². The molecule has 2 aromatic rings. The molecule has 0 aromatic heterocycles. The highest BCUT2D eigenvalue weighted by molar-refractivity contribution is 7.99. The maximum Gasteiger partial charge on any atom is 0.242 e. The van der Waals surface area contributed by atoms with Crippen LogP contribution in [0.1, 0.15) is 31.4 Å². The van der Waals surface area contributed by atoms with E-state index in [0.717, 1.165) is 17.5 Å². The van der Waals surface area contributed by atoms with Gasteiger partial charge >= 0.3 is 0 Å². The van der Waals surface area contributed by atoms with E-state index in [2.05, 4.69) is 5.32 Å². The summed E-state index contributed by atoms with van der Waals surface area (Å²) in [5, 5.41) is 3.58. The summed E-state index contributed by atoms with van der Waals surface area (Å²) in [7, 11) is 0. The van der Waals surface area contributed by atoms with Gasteiger partial charge in [-0.2, -0.15) is 0 Å². The quantitative estimate of drug-likeness (QED) is 0.617. The Bertz CT molecular complexity index is 770. The average Bonchev–Trinajstić information content (AvgIpc) is 2.70. The number of benzene rings is 2.